The van der Waals surface area contributed by atoms with Crippen molar-refractivity contribution in [3.63, 3.8) is 0 Å². The van der Waals surface area contributed by atoms with E-state index in [2.05, 4.69) is 0 Å². The fraction of sp³-hybridized carbons (Fsp3) is 0.222. The monoisotopic (exact) mass is 297 g/mol. The summed E-state index contributed by atoms with van der Waals surface area (Å²) in [5.74, 6) is -0.623. The highest BCUT2D eigenvalue weighted by atomic mass is 16.5. The standard InChI is InChI=1S/C18H19NO3/c1-19(17(20)15-11-7-4-8-12-15)16(18(21)22-2)13-14-9-5-3-6-10-14/h3-12,16H,13H2,1-2H3/t16-/m0/s1. The Morgan fingerprint density at radius 3 is 2.09 bits per heavy atom. The van der Waals surface area contributed by atoms with Crippen LogP contribution in [-0.4, -0.2) is 37.0 Å². The third kappa shape index (κ3) is 3.73. The molecular weight excluding hydrogens is 278 g/mol. The van der Waals surface area contributed by atoms with Gasteiger partial charge in [0.15, 0.2) is 0 Å². The van der Waals surface area contributed by atoms with Gasteiger partial charge in [0.05, 0.1) is 7.11 Å². The fourth-order valence-corrected chi connectivity index (χ4v) is 2.28. The number of esters is 1. The molecule has 0 fully saturated rings. The van der Waals surface area contributed by atoms with Crippen LogP contribution in [0.1, 0.15) is 15.9 Å². The molecule has 2 aromatic rings. The maximum Gasteiger partial charge on any atom is 0.328 e. The number of amides is 1. The van der Waals surface area contributed by atoms with Crippen LogP contribution in [0.5, 0.6) is 0 Å². The van der Waals surface area contributed by atoms with E-state index in [0.29, 0.717) is 12.0 Å². The van der Waals surface area contributed by atoms with Crippen LogP contribution in [0.3, 0.4) is 0 Å². The molecule has 0 spiro atoms. The predicted octanol–water partition coefficient (Wildman–Crippen LogP) is 2.54. The van der Waals surface area contributed by atoms with Crippen molar-refractivity contribution in [2.75, 3.05) is 14.2 Å². The van der Waals surface area contributed by atoms with Gasteiger partial charge in [0.2, 0.25) is 0 Å². The molecule has 0 unspecified atom stereocenters. The minimum Gasteiger partial charge on any atom is -0.467 e. The van der Waals surface area contributed by atoms with Gasteiger partial charge in [0.25, 0.3) is 5.91 Å². The van der Waals surface area contributed by atoms with Gasteiger partial charge in [-0.05, 0) is 17.7 Å². The Labute approximate surface area is 130 Å². The van der Waals surface area contributed by atoms with Gasteiger partial charge in [-0.2, -0.15) is 0 Å². The summed E-state index contributed by atoms with van der Waals surface area (Å²) in [6, 6.07) is 17.8. The van der Waals surface area contributed by atoms with Crippen LogP contribution in [-0.2, 0) is 16.0 Å². The van der Waals surface area contributed by atoms with Crippen LogP contribution in [0.2, 0.25) is 0 Å². The van der Waals surface area contributed by atoms with E-state index < -0.39 is 12.0 Å². The summed E-state index contributed by atoms with van der Waals surface area (Å²) in [6.45, 7) is 0. The second-order valence-electron chi connectivity index (χ2n) is 5.01. The van der Waals surface area contributed by atoms with Crippen LogP contribution < -0.4 is 0 Å². The topological polar surface area (TPSA) is 46.6 Å². The largest absolute Gasteiger partial charge is 0.467 e. The number of carbonyl (C=O) groups excluding carboxylic acids is 2. The number of likely N-dealkylation sites (N-methyl/N-ethyl adjacent to an activating group) is 1. The summed E-state index contributed by atoms with van der Waals surface area (Å²) < 4.78 is 4.86. The summed E-state index contributed by atoms with van der Waals surface area (Å²) in [6.07, 6.45) is 0.419. The van der Waals surface area contributed by atoms with E-state index in [1.165, 1.54) is 12.0 Å². The highest BCUT2D eigenvalue weighted by molar-refractivity contribution is 5.96. The maximum absolute atomic E-state index is 12.5. The van der Waals surface area contributed by atoms with E-state index in [0.717, 1.165) is 5.56 Å². The Hall–Kier alpha value is -2.62. The molecule has 22 heavy (non-hydrogen) atoms. The molecule has 4 heteroatoms. The van der Waals surface area contributed by atoms with Gasteiger partial charge >= 0.3 is 5.97 Å². The van der Waals surface area contributed by atoms with E-state index in [1.54, 1.807) is 31.3 Å². The van der Waals surface area contributed by atoms with Gasteiger partial charge in [-0.15, -0.1) is 0 Å². The number of hydrogen-bond donors (Lipinski definition) is 0. The van der Waals surface area contributed by atoms with E-state index in [1.807, 2.05) is 36.4 Å². The quantitative estimate of drug-likeness (QED) is 0.797. The van der Waals surface area contributed by atoms with Crippen molar-refractivity contribution in [3.05, 3.63) is 71.8 Å². The molecule has 4 nitrogen and oxygen atoms in total. The van der Waals surface area contributed by atoms with Crippen molar-refractivity contribution in [2.24, 2.45) is 0 Å². The molecule has 0 bridgehead atoms. The molecule has 0 saturated carbocycles. The summed E-state index contributed by atoms with van der Waals surface area (Å²) in [5.41, 5.74) is 1.53. The molecule has 2 rings (SSSR count). The molecule has 0 N–H and O–H groups in total. The SMILES string of the molecule is COC(=O)[C@H](Cc1ccccc1)N(C)C(=O)c1ccccc1. The molecule has 2 aromatic carbocycles. The van der Waals surface area contributed by atoms with E-state index in [-0.39, 0.29) is 5.91 Å². The summed E-state index contributed by atoms with van der Waals surface area (Å²) >= 11 is 0. The van der Waals surface area contributed by atoms with Gasteiger partial charge in [-0.25, -0.2) is 4.79 Å². The third-order valence-electron chi connectivity index (χ3n) is 3.55. The van der Waals surface area contributed by atoms with Crippen molar-refractivity contribution in [1.29, 1.82) is 0 Å². The van der Waals surface area contributed by atoms with Gasteiger partial charge in [-0.1, -0.05) is 48.5 Å². The van der Waals surface area contributed by atoms with E-state index >= 15 is 0 Å². The number of ether oxygens (including phenoxy) is 1. The number of methoxy groups -OCH3 is 1. The Morgan fingerprint density at radius 1 is 1.00 bits per heavy atom. The lowest BCUT2D eigenvalue weighted by atomic mass is 10.0. The molecule has 0 aliphatic rings. The average Bonchev–Trinajstić information content (AvgIpc) is 2.59. The zero-order valence-electron chi connectivity index (χ0n) is 12.7. The Balaban J connectivity index is 2.21. The molecule has 0 radical (unpaired) electrons. The van der Waals surface area contributed by atoms with Crippen LogP contribution in [0.25, 0.3) is 0 Å². The molecule has 0 aliphatic carbocycles. The zero-order valence-corrected chi connectivity index (χ0v) is 12.7. The summed E-state index contributed by atoms with van der Waals surface area (Å²) in [5, 5.41) is 0. The fourth-order valence-electron chi connectivity index (χ4n) is 2.28. The first-order chi connectivity index (χ1) is 10.6. The second-order valence-corrected chi connectivity index (χ2v) is 5.01. The van der Waals surface area contributed by atoms with Crippen molar-refractivity contribution in [2.45, 2.75) is 12.5 Å². The van der Waals surface area contributed by atoms with Crippen LogP contribution in [0.15, 0.2) is 60.7 Å². The normalized spacial score (nSPS) is 11.5. The predicted molar refractivity (Wildman–Crippen MR) is 84.5 cm³/mol. The van der Waals surface area contributed by atoms with Crippen molar-refractivity contribution in [3.8, 4) is 0 Å². The average molecular weight is 297 g/mol. The second kappa shape index (κ2) is 7.41. The molecule has 114 valence electrons. The molecule has 0 heterocycles. The van der Waals surface area contributed by atoms with Gasteiger partial charge in [0, 0.05) is 19.0 Å². The molecule has 0 aromatic heterocycles. The van der Waals surface area contributed by atoms with Gasteiger partial charge < -0.3 is 9.64 Å². The molecule has 0 saturated heterocycles. The van der Waals surface area contributed by atoms with Gasteiger partial charge in [-0.3, -0.25) is 4.79 Å². The first kappa shape index (κ1) is 15.8. The lowest BCUT2D eigenvalue weighted by Crippen LogP contribution is -2.44. The Kier molecular flexibility index (Phi) is 5.31. The Bertz CT molecular complexity index is 625. The summed E-state index contributed by atoms with van der Waals surface area (Å²) in [4.78, 5) is 26.0. The smallest absolute Gasteiger partial charge is 0.328 e. The number of carbonyl (C=O) groups is 2. The lowest BCUT2D eigenvalue weighted by Gasteiger charge is -2.26. The number of rotatable bonds is 5. The number of benzene rings is 2. The zero-order chi connectivity index (χ0) is 15.9. The molecule has 0 aliphatic heterocycles. The minimum atomic E-state index is -0.653. The van der Waals surface area contributed by atoms with E-state index in [4.69, 9.17) is 4.74 Å². The molecular formula is C18H19NO3. The van der Waals surface area contributed by atoms with Crippen LogP contribution >= 0.6 is 0 Å². The Morgan fingerprint density at radius 2 is 1.55 bits per heavy atom. The highest BCUT2D eigenvalue weighted by Crippen LogP contribution is 2.13. The van der Waals surface area contributed by atoms with Crippen LogP contribution in [0.4, 0.5) is 0 Å². The summed E-state index contributed by atoms with van der Waals surface area (Å²) in [7, 11) is 2.96. The minimum absolute atomic E-state index is 0.202. The first-order valence-corrected chi connectivity index (χ1v) is 7.07. The van der Waals surface area contributed by atoms with Crippen molar-refractivity contribution < 1.29 is 14.3 Å². The highest BCUT2D eigenvalue weighted by Gasteiger charge is 2.28. The number of nitrogens with zero attached hydrogens (tertiary/aromatic N) is 1. The maximum atomic E-state index is 12.5. The molecule has 1 atom stereocenters. The van der Waals surface area contributed by atoms with Gasteiger partial charge in [0.1, 0.15) is 6.04 Å². The van der Waals surface area contributed by atoms with Crippen molar-refractivity contribution in [1.82, 2.24) is 4.90 Å². The van der Waals surface area contributed by atoms with E-state index in [9.17, 15) is 9.59 Å². The molecule has 1 amide bonds. The lowest BCUT2D eigenvalue weighted by molar-refractivity contribution is -0.145. The first-order valence-electron chi connectivity index (χ1n) is 7.07. The number of hydrogen-bond acceptors (Lipinski definition) is 3. The van der Waals surface area contributed by atoms with Crippen LogP contribution in [0, 0.1) is 0 Å². The third-order valence-corrected chi connectivity index (χ3v) is 3.55. The van der Waals surface area contributed by atoms with Crippen molar-refractivity contribution >= 4 is 11.9 Å².